The maximum absolute atomic E-state index is 13.9. The number of hydrogen-bond acceptors (Lipinski definition) is 8. The zero-order chi connectivity index (χ0) is 21.8. The number of Topliss-reactive ketones (excluding diaryl/α,β-unsaturated/α-hetero) is 1. The van der Waals surface area contributed by atoms with Crippen LogP contribution in [0.1, 0.15) is 18.5 Å². The Bertz CT molecular complexity index is 1090. The summed E-state index contributed by atoms with van der Waals surface area (Å²) >= 11 is 0. The second-order valence-electron chi connectivity index (χ2n) is 6.30. The van der Waals surface area contributed by atoms with Gasteiger partial charge in [0.2, 0.25) is 12.0 Å². The molecule has 6 N–H and O–H groups in total. The number of hydrogen-bond donors (Lipinski definition) is 5. The lowest BCUT2D eigenvalue weighted by molar-refractivity contribution is -0.129. The van der Waals surface area contributed by atoms with Crippen LogP contribution in [-0.4, -0.2) is 49.5 Å². The molecule has 1 aromatic carbocycles. The first kappa shape index (κ1) is 20.8. The fourth-order valence-corrected chi connectivity index (χ4v) is 2.73. The molecule has 0 fully saturated rings. The van der Waals surface area contributed by atoms with E-state index in [1.165, 1.54) is 22.8 Å². The molecule has 1 amide bonds. The number of nitrogens with one attached hydrogen (secondary N) is 2. The maximum atomic E-state index is 13.9. The van der Waals surface area contributed by atoms with Crippen LogP contribution in [0.3, 0.4) is 0 Å². The van der Waals surface area contributed by atoms with Gasteiger partial charge in [-0.25, -0.2) is 18.7 Å². The average molecular weight is 418 g/mol. The van der Waals surface area contributed by atoms with E-state index < -0.39 is 36.6 Å². The van der Waals surface area contributed by atoms with E-state index in [-0.39, 0.29) is 5.75 Å². The Balaban J connectivity index is 1.88. The van der Waals surface area contributed by atoms with Gasteiger partial charge >= 0.3 is 6.09 Å². The van der Waals surface area contributed by atoms with Gasteiger partial charge in [0.15, 0.2) is 5.65 Å². The average Bonchev–Trinajstić information content (AvgIpc) is 3.08. The molecule has 2 atom stereocenters. The van der Waals surface area contributed by atoms with Crippen LogP contribution in [0.15, 0.2) is 36.7 Å². The van der Waals surface area contributed by atoms with Gasteiger partial charge in [0.25, 0.3) is 0 Å². The lowest BCUT2D eigenvalue weighted by Crippen LogP contribution is -2.45. The highest BCUT2D eigenvalue weighted by atomic mass is 19.1. The highest BCUT2D eigenvalue weighted by Crippen LogP contribution is 2.29. The molecule has 0 bridgehead atoms. The van der Waals surface area contributed by atoms with Crippen molar-refractivity contribution in [3.63, 3.8) is 0 Å². The number of ketones is 1. The van der Waals surface area contributed by atoms with E-state index in [1.54, 1.807) is 19.2 Å². The molecule has 2 heterocycles. The number of nitrogen functional groups attached to an aromatic ring is 1. The van der Waals surface area contributed by atoms with Crippen LogP contribution in [0.2, 0.25) is 0 Å². The van der Waals surface area contributed by atoms with E-state index in [1.807, 2.05) is 5.32 Å². The number of aliphatic hydroxyl groups excluding tert-OH is 1. The smallest absolute Gasteiger partial charge is 0.407 e. The first-order valence-corrected chi connectivity index (χ1v) is 8.74. The van der Waals surface area contributed by atoms with Crippen molar-refractivity contribution in [2.75, 3.05) is 17.7 Å². The van der Waals surface area contributed by atoms with Crippen molar-refractivity contribution >= 4 is 29.0 Å². The Kier molecular flexibility index (Phi) is 5.97. The Morgan fingerprint density at radius 1 is 1.37 bits per heavy atom. The van der Waals surface area contributed by atoms with Crippen molar-refractivity contribution in [2.45, 2.75) is 19.2 Å². The van der Waals surface area contributed by atoms with Gasteiger partial charge in [0.05, 0.1) is 17.9 Å². The minimum absolute atomic E-state index is 0.0434. The van der Waals surface area contributed by atoms with Gasteiger partial charge in [0.1, 0.15) is 24.0 Å². The lowest BCUT2D eigenvalue weighted by Gasteiger charge is -2.22. The molecule has 1 unspecified atom stereocenters. The maximum Gasteiger partial charge on any atom is 0.407 e. The molecule has 0 aliphatic carbocycles. The number of carboxylic acid groups (broad SMARTS) is 1. The predicted octanol–water partition coefficient (Wildman–Crippen LogP) is 1.16. The number of rotatable bonds is 8. The highest BCUT2D eigenvalue weighted by molar-refractivity contribution is 5.87. The minimum Gasteiger partial charge on any atom is -0.465 e. The zero-order valence-electron chi connectivity index (χ0n) is 15.7. The monoisotopic (exact) mass is 418 g/mol. The number of benzene rings is 1. The van der Waals surface area contributed by atoms with Crippen LogP contribution >= 0.6 is 0 Å². The van der Waals surface area contributed by atoms with Crippen LogP contribution in [-0.2, 0) is 4.79 Å². The fraction of sp³-hybridized carbons (Fsp3) is 0.222. The van der Waals surface area contributed by atoms with E-state index in [2.05, 4.69) is 15.4 Å². The highest BCUT2D eigenvalue weighted by Gasteiger charge is 2.24. The topological polar surface area (TPSA) is 164 Å². The summed E-state index contributed by atoms with van der Waals surface area (Å²) in [5.41, 5.74) is 6.92. The third-order valence-electron chi connectivity index (χ3n) is 4.15. The molecular weight excluding hydrogens is 399 g/mol. The second-order valence-corrected chi connectivity index (χ2v) is 6.30. The van der Waals surface area contributed by atoms with E-state index in [4.69, 9.17) is 20.7 Å². The fourth-order valence-electron chi connectivity index (χ4n) is 2.73. The van der Waals surface area contributed by atoms with Crippen LogP contribution < -0.4 is 21.1 Å². The molecular formula is C18H19FN6O5. The molecule has 12 heteroatoms. The largest absolute Gasteiger partial charge is 0.465 e. The quantitative estimate of drug-likeness (QED) is 0.338. The number of carbonyl (C=O) groups is 2. The van der Waals surface area contributed by atoms with Crippen molar-refractivity contribution in [3.8, 4) is 5.75 Å². The molecule has 3 rings (SSSR count). The summed E-state index contributed by atoms with van der Waals surface area (Å²) in [7, 11) is 0. The standard InChI is InChI=1S/C18H19FN6O5/c1-9(22-15-4-5-25-16(23-15)12(20)7-21-25)11-6-10(19)2-3-14(11)30-17(13(27)8-26)24-18(28)29/h2-7,9,17,24,26H,8,20H2,1H3,(H,22,23)(H,28,29)/t9-,17?/m1/s1. The van der Waals surface area contributed by atoms with Gasteiger partial charge in [-0.05, 0) is 31.2 Å². The Morgan fingerprint density at radius 3 is 2.83 bits per heavy atom. The van der Waals surface area contributed by atoms with Gasteiger partial charge in [-0.15, -0.1) is 0 Å². The lowest BCUT2D eigenvalue weighted by atomic mass is 10.1. The van der Waals surface area contributed by atoms with Gasteiger partial charge in [-0.1, -0.05) is 0 Å². The summed E-state index contributed by atoms with van der Waals surface area (Å²) in [6.45, 7) is 0.757. The molecule has 0 saturated carbocycles. The Morgan fingerprint density at radius 2 is 2.13 bits per heavy atom. The van der Waals surface area contributed by atoms with Crippen molar-refractivity contribution in [1.29, 1.82) is 0 Å². The minimum atomic E-state index is -1.66. The van der Waals surface area contributed by atoms with Crippen LogP contribution in [0, 0.1) is 5.82 Å². The number of halogens is 1. The molecule has 0 aliphatic rings. The number of anilines is 2. The first-order chi connectivity index (χ1) is 14.3. The Labute approximate surface area is 169 Å². The van der Waals surface area contributed by atoms with Gasteiger partial charge in [-0.3, -0.25) is 10.1 Å². The molecule has 11 nitrogen and oxygen atoms in total. The second kappa shape index (κ2) is 8.61. The number of aromatic nitrogens is 3. The molecule has 3 aromatic rings. The van der Waals surface area contributed by atoms with E-state index in [0.29, 0.717) is 22.7 Å². The van der Waals surface area contributed by atoms with Crippen molar-refractivity contribution in [1.82, 2.24) is 19.9 Å². The summed E-state index contributed by atoms with van der Waals surface area (Å²) in [4.78, 5) is 27.1. The molecule has 0 aliphatic heterocycles. The number of aliphatic hydroxyl groups is 1. The Hall–Kier alpha value is -3.93. The summed E-state index contributed by atoms with van der Waals surface area (Å²) in [5.74, 6) is -1.01. The molecule has 0 saturated heterocycles. The van der Waals surface area contributed by atoms with E-state index >= 15 is 0 Å². The molecule has 0 radical (unpaired) electrons. The predicted molar refractivity (Wildman–Crippen MR) is 104 cm³/mol. The number of nitrogens with zero attached hydrogens (tertiary/aromatic N) is 3. The normalized spacial score (nSPS) is 12.9. The zero-order valence-corrected chi connectivity index (χ0v) is 15.7. The third-order valence-corrected chi connectivity index (χ3v) is 4.15. The molecule has 0 spiro atoms. The van der Waals surface area contributed by atoms with Gasteiger partial charge < -0.3 is 26.0 Å². The molecule has 2 aromatic heterocycles. The first-order valence-electron chi connectivity index (χ1n) is 8.74. The van der Waals surface area contributed by atoms with Crippen LogP contribution in [0.4, 0.5) is 20.7 Å². The van der Waals surface area contributed by atoms with Gasteiger partial charge in [0, 0.05) is 11.8 Å². The summed E-state index contributed by atoms with van der Waals surface area (Å²) in [5, 5.41) is 26.9. The summed E-state index contributed by atoms with van der Waals surface area (Å²) in [6.07, 6.45) is -0.0804. The number of amides is 1. The van der Waals surface area contributed by atoms with E-state index in [0.717, 1.165) is 6.07 Å². The molecule has 158 valence electrons. The number of fused-ring (bicyclic) bond motifs is 1. The van der Waals surface area contributed by atoms with E-state index in [9.17, 15) is 14.0 Å². The van der Waals surface area contributed by atoms with Crippen molar-refractivity contribution < 1.29 is 28.9 Å². The SMILES string of the molecule is C[C@@H](Nc1ccn2ncc(N)c2n1)c1cc(F)ccc1OC(NC(=O)O)C(=O)CO. The van der Waals surface area contributed by atoms with Gasteiger partial charge in [-0.2, -0.15) is 5.10 Å². The molecule has 30 heavy (non-hydrogen) atoms. The number of carbonyl (C=O) groups excluding carboxylic acids is 1. The van der Waals surface area contributed by atoms with Crippen molar-refractivity contribution in [2.24, 2.45) is 0 Å². The summed E-state index contributed by atoms with van der Waals surface area (Å²) < 4.78 is 20.8. The third kappa shape index (κ3) is 4.55. The number of nitrogens with two attached hydrogens (primary N) is 1. The van der Waals surface area contributed by atoms with Crippen LogP contribution in [0.25, 0.3) is 5.65 Å². The number of ether oxygens (including phenoxy) is 1. The summed E-state index contributed by atoms with van der Waals surface area (Å²) in [6, 6.07) is 4.61. The van der Waals surface area contributed by atoms with Crippen LogP contribution in [0.5, 0.6) is 5.75 Å². The van der Waals surface area contributed by atoms with Crippen molar-refractivity contribution in [3.05, 3.63) is 48.0 Å².